The highest BCUT2D eigenvalue weighted by atomic mass is 16.5. The van der Waals surface area contributed by atoms with E-state index < -0.39 is 0 Å². The Morgan fingerprint density at radius 1 is 1.23 bits per heavy atom. The van der Waals surface area contributed by atoms with E-state index >= 15 is 0 Å². The molecule has 2 aromatic carbocycles. The van der Waals surface area contributed by atoms with Crippen molar-refractivity contribution < 1.29 is 14.3 Å². The van der Waals surface area contributed by atoms with Crippen LogP contribution in [0.1, 0.15) is 18.4 Å². The van der Waals surface area contributed by atoms with Crippen molar-refractivity contribution in [1.82, 2.24) is 0 Å². The second-order valence-corrected chi connectivity index (χ2v) is 5.56. The number of anilines is 1. The average molecular weight is 350 g/mol. The van der Waals surface area contributed by atoms with Crippen LogP contribution in [0.3, 0.4) is 0 Å². The Hall–Kier alpha value is -3.26. The molecular weight excluding hydrogens is 328 g/mol. The van der Waals surface area contributed by atoms with Crippen LogP contribution in [0, 0.1) is 11.3 Å². The van der Waals surface area contributed by atoms with Crippen LogP contribution in [0.25, 0.3) is 0 Å². The molecule has 0 unspecified atom stereocenters. The Balaban J connectivity index is 1.90. The molecule has 2 aromatic rings. The molecule has 0 radical (unpaired) electrons. The molecule has 2 rings (SSSR count). The number of amides is 1. The van der Waals surface area contributed by atoms with Crippen LogP contribution in [-0.2, 0) is 4.79 Å². The number of carbonyl (C=O) groups is 1. The summed E-state index contributed by atoms with van der Waals surface area (Å²) >= 11 is 0. The second-order valence-electron chi connectivity index (χ2n) is 5.56. The normalized spacial score (nSPS) is 9.85. The molecule has 0 aromatic heterocycles. The first-order valence-corrected chi connectivity index (χ1v) is 8.37. The lowest BCUT2D eigenvalue weighted by Crippen LogP contribution is -2.31. The van der Waals surface area contributed by atoms with Gasteiger partial charge in [0.1, 0.15) is 0 Å². The van der Waals surface area contributed by atoms with Crippen molar-refractivity contribution in [3.63, 3.8) is 0 Å². The summed E-state index contributed by atoms with van der Waals surface area (Å²) in [6.07, 6.45) is 2.65. The van der Waals surface area contributed by atoms with Gasteiger partial charge < -0.3 is 14.4 Å². The summed E-state index contributed by atoms with van der Waals surface area (Å²) in [7, 11) is 1.53. The fourth-order valence-electron chi connectivity index (χ4n) is 2.49. The van der Waals surface area contributed by atoms with Crippen LogP contribution >= 0.6 is 0 Å². The van der Waals surface area contributed by atoms with Gasteiger partial charge in [-0.2, -0.15) is 5.26 Å². The van der Waals surface area contributed by atoms with Crippen LogP contribution in [0.5, 0.6) is 11.5 Å². The molecule has 0 saturated carbocycles. The van der Waals surface area contributed by atoms with E-state index in [0.717, 1.165) is 5.69 Å². The monoisotopic (exact) mass is 350 g/mol. The van der Waals surface area contributed by atoms with E-state index in [0.29, 0.717) is 43.1 Å². The van der Waals surface area contributed by atoms with Crippen LogP contribution in [-0.4, -0.2) is 26.2 Å². The van der Waals surface area contributed by atoms with Crippen LogP contribution in [0.15, 0.2) is 61.2 Å². The molecule has 5 nitrogen and oxygen atoms in total. The van der Waals surface area contributed by atoms with Crippen molar-refractivity contribution in [2.45, 2.75) is 12.8 Å². The highest BCUT2D eigenvalue weighted by molar-refractivity contribution is 5.93. The molecule has 26 heavy (non-hydrogen) atoms. The third-order valence-electron chi connectivity index (χ3n) is 3.77. The van der Waals surface area contributed by atoms with Gasteiger partial charge in [0.25, 0.3) is 0 Å². The molecule has 1 amide bonds. The molecule has 0 aliphatic rings. The number of para-hydroxylation sites is 1. The van der Waals surface area contributed by atoms with Gasteiger partial charge in [0.2, 0.25) is 5.91 Å². The number of nitrogens with zero attached hydrogens (tertiary/aromatic N) is 2. The van der Waals surface area contributed by atoms with Crippen molar-refractivity contribution in [1.29, 1.82) is 5.26 Å². The first kappa shape index (κ1) is 19.1. The van der Waals surface area contributed by atoms with Gasteiger partial charge >= 0.3 is 0 Å². The topological polar surface area (TPSA) is 62.6 Å². The van der Waals surface area contributed by atoms with E-state index in [9.17, 15) is 4.79 Å². The van der Waals surface area contributed by atoms with Crippen LogP contribution < -0.4 is 14.4 Å². The maximum atomic E-state index is 12.5. The summed E-state index contributed by atoms with van der Waals surface area (Å²) in [5, 5.41) is 8.92. The Kier molecular flexibility index (Phi) is 7.26. The van der Waals surface area contributed by atoms with Gasteiger partial charge in [0.05, 0.1) is 25.3 Å². The third-order valence-corrected chi connectivity index (χ3v) is 3.77. The Morgan fingerprint density at radius 3 is 2.65 bits per heavy atom. The molecule has 0 atom stereocenters. The summed E-state index contributed by atoms with van der Waals surface area (Å²) < 4.78 is 10.9. The number of hydrogen-bond donors (Lipinski definition) is 0. The van der Waals surface area contributed by atoms with Crippen molar-refractivity contribution in [3.05, 3.63) is 66.7 Å². The number of benzene rings is 2. The average Bonchev–Trinajstić information content (AvgIpc) is 2.69. The molecular formula is C21H22N2O3. The van der Waals surface area contributed by atoms with Gasteiger partial charge in [-0.25, -0.2) is 0 Å². The minimum Gasteiger partial charge on any atom is -0.493 e. The van der Waals surface area contributed by atoms with E-state index in [4.69, 9.17) is 14.7 Å². The van der Waals surface area contributed by atoms with Crippen LogP contribution in [0.2, 0.25) is 0 Å². The zero-order chi connectivity index (χ0) is 18.8. The zero-order valence-corrected chi connectivity index (χ0v) is 14.9. The second kappa shape index (κ2) is 9.90. The maximum absolute atomic E-state index is 12.5. The predicted octanol–water partition coefficient (Wildman–Crippen LogP) is 3.95. The van der Waals surface area contributed by atoms with Crippen molar-refractivity contribution in [3.8, 4) is 17.6 Å². The van der Waals surface area contributed by atoms with Crippen molar-refractivity contribution >= 4 is 11.6 Å². The maximum Gasteiger partial charge on any atom is 0.227 e. The van der Waals surface area contributed by atoms with Crippen LogP contribution in [0.4, 0.5) is 5.69 Å². The standard InChI is InChI=1S/C21H22N2O3/c1-3-13-23(18-8-5-4-6-9-18)21(24)10-7-14-26-19-12-11-17(16-22)15-20(19)25-2/h3-6,8-9,11-12,15H,1,7,10,13-14H2,2H3. The van der Waals surface area contributed by atoms with Gasteiger partial charge in [-0.15, -0.1) is 6.58 Å². The molecule has 134 valence electrons. The lowest BCUT2D eigenvalue weighted by atomic mass is 10.2. The first-order valence-electron chi connectivity index (χ1n) is 8.37. The van der Waals surface area contributed by atoms with E-state index in [1.165, 1.54) is 7.11 Å². The molecule has 5 heteroatoms. The summed E-state index contributed by atoms with van der Waals surface area (Å²) in [4.78, 5) is 14.2. The lowest BCUT2D eigenvalue weighted by Gasteiger charge is -2.21. The van der Waals surface area contributed by atoms with E-state index in [2.05, 4.69) is 12.6 Å². The summed E-state index contributed by atoms with van der Waals surface area (Å²) in [6.45, 7) is 4.57. The minimum atomic E-state index is 0.0199. The van der Waals surface area contributed by atoms with E-state index in [-0.39, 0.29) is 5.91 Å². The van der Waals surface area contributed by atoms with E-state index in [1.54, 1.807) is 29.2 Å². The Morgan fingerprint density at radius 2 is 2.00 bits per heavy atom. The molecule has 0 aliphatic heterocycles. The summed E-state index contributed by atoms with van der Waals surface area (Å²) in [5.41, 5.74) is 1.36. The highest BCUT2D eigenvalue weighted by Crippen LogP contribution is 2.28. The SMILES string of the molecule is C=CCN(C(=O)CCCOc1ccc(C#N)cc1OC)c1ccccc1. The van der Waals surface area contributed by atoms with Gasteiger partial charge in [-0.3, -0.25) is 4.79 Å². The molecule has 0 saturated heterocycles. The summed E-state index contributed by atoms with van der Waals surface area (Å²) in [6, 6.07) is 16.6. The van der Waals surface area contributed by atoms with Crippen molar-refractivity contribution in [2.24, 2.45) is 0 Å². The molecule has 0 spiro atoms. The molecule has 0 heterocycles. The van der Waals surface area contributed by atoms with Gasteiger partial charge in [0, 0.05) is 24.7 Å². The third kappa shape index (κ3) is 5.12. The van der Waals surface area contributed by atoms with Gasteiger partial charge in [-0.1, -0.05) is 24.3 Å². The molecule has 0 aliphatic carbocycles. The number of nitriles is 1. The molecule has 0 N–H and O–H groups in total. The lowest BCUT2D eigenvalue weighted by molar-refractivity contribution is -0.118. The number of rotatable bonds is 9. The number of carbonyl (C=O) groups excluding carboxylic acids is 1. The quantitative estimate of drug-likeness (QED) is 0.507. The fourth-order valence-corrected chi connectivity index (χ4v) is 2.49. The minimum absolute atomic E-state index is 0.0199. The largest absolute Gasteiger partial charge is 0.493 e. The number of hydrogen-bond acceptors (Lipinski definition) is 4. The zero-order valence-electron chi connectivity index (χ0n) is 14.9. The fraction of sp³-hybridized carbons (Fsp3) is 0.238. The summed E-state index contributed by atoms with van der Waals surface area (Å²) in [5.74, 6) is 1.09. The molecule has 0 fully saturated rings. The van der Waals surface area contributed by atoms with E-state index in [1.807, 2.05) is 30.3 Å². The number of methoxy groups -OCH3 is 1. The van der Waals surface area contributed by atoms with Gasteiger partial charge in [0.15, 0.2) is 11.5 Å². The number of ether oxygens (including phenoxy) is 2. The smallest absolute Gasteiger partial charge is 0.227 e. The first-order chi connectivity index (χ1) is 12.7. The Bertz CT molecular complexity index is 782. The Labute approximate surface area is 154 Å². The van der Waals surface area contributed by atoms with Gasteiger partial charge in [-0.05, 0) is 30.7 Å². The van der Waals surface area contributed by atoms with Crippen molar-refractivity contribution in [2.75, 3.05) is 25.2 Å². The predicted molar refractivity (Wildman–Crippen MR) is 101 cm³/mol. The highest BCUT2D eigenvalue weighted by Gasteiger charge is 2.14. The molecule has 0 bridgehead atoms.